The monoisotopic (exact) mass is 261 g/mol. The first kappa shape index (κ1) is 12.7. The maximum absolute atomic E-state index is 11.6. The number of carbonyl (C=O) groups is 2. The molecule has 0 aliphatic rings. The molecule has 2 rings (SSSR count). The lowest BCUT2D eigenvalue weighted by Gasteiger charge is -2.06. The van der Waals surface area contributed by atoms with Gasteiger partial charge < -0.3 is 9.47 Å². The first-order valence-electron chi connectivity index (χ1n) is 5.35. The second-order valence-corrected chi connectivity index (χ2v) is 3.55. The fourth-order valence-electron chi connectivity index (χ4n) is 1.54. The summed E-state index contributed by atoms with van der Waals surface area (Å²) in [5.74, 6) is -1.09. The van der Waals surface area contributed by atoms with Crippen molar-refractivity contribution < 1.29 is 19.1 Å². The normalized spacial score (nSPS) is 10.0. The summed E-state index contributed by atoms with van der Waals surface area (Å²) >= 11 is 0. The van der Waals surface area contributed by atoms with E-state index in [1.807, 2.05) is 0 Å². The Balaban J connectivity index is 2.45. The van der Waals surface area contributed by atoms with Gasteiger partial charge in [0.25, 0.3) is 0 Å². The summed E-state index contributed by atoms with van der Waals surface area (Å²) in [6.45, 7) is 0. The van der Waals surface area contributed by atoms with Crippen molar-refractivity contribution in [1.29, 1.82) is 0 Å². The van der Waals surface area contributed by atoms with Gasteiger partial charge in [-0.25, -0.2) is 14.3 Å². The van der Waals surface area contributed by atoms with Gasteiger partial charge in [0.05, 0.1) is 31.7 Å². The molecule has 7 nitrogen and oxygen atoms in total. The minimum Gasteiger partial charge on any atom is -0.465 e. The van der Waals surface area contributed by atoms with Crippen molar-refractivity contribution >= 4 is 11.9 Å². The van der Waals surface area contributed by atoms with E-state index in [9.17, 15) is 9.59 Å². The molecule has 0 spiro atoms. The van der Waals surface area contributed by atoms with Crippen molar-refractivity contribution in [3.05, 3.63) is 41.7 Å². The fraction of sp³-hybridized carbons (Fsp3) is 0.167. The van der Waals surface area contributed by atoms with Gasteiger partial charge in [0.2, 0.25) is 0 Å². The predicted octanol–water partition coefficient (Wildman–Crippen LogP) is 0.840. The lowest BCUT2D eigenvalue weighted by Crippen LogP contribution is -2.08. The molecule has 0 aliphatic carbocycles. The maximum atomic E-state index is 11.6. The number of benzene rings is 1. The summed E-state index contributed by atoms with van der Waals surface area (Å²) in [5, 5.41) is 7.47. The summed E-state index contributed by atoms with van der Waals surface area (Å²) < 4.78 is 10.5. The van der Waals surface area contributed by atoms with Gasteiger partial charge in [-0.15, -0.1) is 5.10 Å². The lowest BCUT2D eigenvalue weighted by molar-refractivity contribution is 0.0588. The highest BCUT2D eigenvalue weighted by atomic mass is 16.5. The van der Waals surface area contributed by atoms with E-state index in [4.69, 9.17) is 0 Å². The molecular weight excluding hydrogens is 250 g/mol. The molecule has 0 amide bonds. The van der Waals surface area contributed by atoms with Crippen molar-refractivity contribution in [3.63, 3.8) is 0 Å². The van der Waals surface area contributed by atoms with Crippen LogP contribution < -0.4 is 0 Å². The van der Waals surface area contributed by atoms with Crippen LogP contribution >= 0.6 is 0 Å². The minimum atomic E-state index is -0.596. The number of nitrogens with zero attached hydrogens (tertiary/aromatic N) is 3. The molecule has 0 saturated carbocycles. The number of aromatic nitrogens is 3. The predicted molar refractivity (Wildman–Crippen MR) is 64.0 cm³/mol. The number of carbonyl (C=O) groups excluding carboxylic acids is 2. The highest BCUT2D eigenvalue weighted by Crippen LogP contribution is 2.14. The van der Waals surface area contributed by atoms with Gasteiger partial charge in [-0.1, -0.05) is 17.3 Å². The minimum absolute atomic E-state index is 0.0576. The third kappa shape index (κ3) is 2.44. The Hall–Kier alpha value is -2.70. The van der Waals surface area contributed by atoms with Gasteiger partial charge in [0, 0.05) is 0 Å². The second-order valence-electron chi connectivity index (χ2n) is 3.55. The van der Waals surface area contributed by atoms with E-state index in [0.29, 0.717) is 11.3 Å². The van der Waals surface area contributed by atoms with Gasteiger partial charge >= 0.3 is 11.9 Å². The maximum Gasteiger partial charge on any atom is 0.360 e. The summed E-state index contributed by atoms with van der Waals surface area (Å²) in [6, 6.07) is 6.71. The van der Waals surface area contributed by atoms with E-state index >= 15 is 0 Å². The van der Waals surface area contributed by atoms with Crippen LogP contribution in [0, 0.1) is 0 Å². The van der Waals surface area contributed by atoms with Gasteiger partial charge in [-0.3, -0.25) is 0 Å². The largest absolute Gasteiger partial charge is 0.465 e. The molecule has 2 aromatic rings. The SMILES string of the molecule is COC(=O)c1cn(-c2ccccc2C(=O)OC)nn1. The molecular formula is C12H11N3O4. The van der Waals surface area contributed by atoms with Crippen LogP contribution in [0.15, 0.2) is 30.5 Å². The third-order valence-electron chi connectivity index (χ3n) is 2.44. The molecule has 7 heteroatoms. The zero-order valence-corrected chi connectivity index (χ0v) is 10.4. The van der Waals surface area contributed by atoms with Crippen LogP contribution in [-0.4, -0.2) is 41.2 Å². The summed E-state index contributed by atoms with van der Waals surface area (Å²) in [4.78, 5) is 22.9. The number of esters is 2. The van der Waals surface area contributed by atoms with E-state index in [2.05, 4.69) is 19.8 Å². The molecule has 1 aromatic heterocycles. The van der Waals surface area contributed by atoms with Crippen LogP contribution in [0.2, 0.25) is 0 Å². The molecule has 0 unspecified atom stereocenters. The van der Waals surface area contributed by atoms with Crippen molar-refractivity contribution in [1.82, 2.24) is 15.0 Å². The van der Waals surface area contributed by atoms with Crippen LogP contribution in [0.5, 0.6) is 0 Å². The Bertz CT molecular complexity index is 621. The number of hydrogen-bond acceptors (Lipinski definition) is 6. The van der Waals surface area contributed by atoms with Crippen LogP contribution in [0.1, 0.15) is 20.8 Å². The highest BCUT2D eigenvalue weighted by molar-refractivity contribution is 5.93. The van der Waals surface area contributed by atoms with Gasteiger partial charge in [0.15, 0.2) is 5.69 Å². The zero-order chi connectivity index (χ0) is 13.8. The van der Waals surface area contributed by atoms with Crippen molar-refractivity contribution in [2.45, 2.75) is 0 Å². The topological polar surface area (TPSA) is 83.3 Å². The van der Waals surface area contributed by atoms with E-state index < -0.39 is 11.9 Å². The Morgan fingerprint density at radius 2 is 1.79 bits per heavy atom. The van der Waals surface area contributed by atoms with Crippen molar-refractivity contribution in [2.75, 3.05) is 14.2 Å². The first-order chi connectivity index (χ1) is 9.17. The average molecular weight is 261 g/mol. The molecule has 1 aromatic carbocycles. The molecule has 0 radical (unpaired) electrons. The smallest absolute Gasteiger partial charge is 0.360 e. The summed E-state index contributed by atoms with van der Waals surface area (Å²) in [5.41, 5.74) is 0.852. The molecule has 1 heterocycles. The molecule has 0 aliphatic heterocycles. The van der Waals surface area contributed by atoms with Crippen molar-refractivity contribution in [3.8, 4) is 5.69 Å². The van der Waals surface area contributed by atoms with E-state index in [1.165, 1.54) is 25.1 Å². The standard InChI is InChI=1S/C12H11N3O4/c1-18-11(16)8-5-3-4-6-10(8)15-7-9(13-14-15)12(17)19-2/h3-7H,1-2H3. The van der Waals surface area contributed by atoms with E-state index in [-0.39, 0.29) is 5.69 Å². The first-order valence-corrected chi connectivity index (χ1v) is 5.35. The number of methoxy groups -OCH3 is 2. The summed E-state index contributed by atoms with van der Waals surface area (Å²) in [7, 11) is 2.55. The third-order valence-corrected chi connectivity index (χ3v) is 2.44. The Morgan fingerprint density at radius 1 is 1.11 bits per heavy atom. The van der Waals surface area contributed by atoms with E-state index in [1.54, 1.807) is 24.3 Å². The molecule has 0 N–H and O–H groups in total. The van der Waals surface area contributed by atoms with Gasteiger partial charge in [-0.2, -0.15) is 0 Å². The molecule has 19 heavy (non-hydrogen) atoms. The van der Waals surface area contributed by atoms with Crippen LogP contribution in [0.25, 0.3) is 5.69 Å². The number of rotatable bonds is 3. The lowest BCUT2D eigenvalue weighted by atomic mass is 10.2. The molecule has 0 saturated heterocycles. The number of ether oxygens (including phenoxy) is 2. The number of hydrogen-bond donors (Lipinski definition) is 0. The van der Waals surface area contributed by atoms with Crippen LogP contribution in [0.4, 0.5) is 0 Å². The molecule has 0 fully saturated rings. The van der Waals surface area contributed by atoms with E-state index in [0.717, 1.165) is 0 Å². The molecule has 0 atom stereocenters. The Kier molecular flexibility index (Phi) is 3.56. The zero-order valence-electron chi connectivity index (χ0n) is 10.4. The van der Waals surface area contributed by atoms with Gasteiger partial charge in [0.1, 0.15) is 0 Å². The molecule has 0 bridgehead atoms. The van der Waals surface area contributed by atoms with Gasteiger partial charge in [-0.05, 0) is 12.1 Å². The summed E-state index contributed by atoms with van der Waals surface area (Å²) in [6.07, 6.45) is 1.38. The van der Waals surface area contributed by atoms with Crippen molar-refractivity contribution in [2.24, 2.45) is 0 Å². The van der Waals surface area contributed by atoms with Crippen LogP contribution in [-0.2, 0) is 9.47 Å². The second kappa shape index (κ2) is 5.30. The number of para-hydroxylation sites is 1. The van der Waals surface area contributed by atoms with Crippen LogP contribution in [0.3, 0.4) is 0 Å². The Morgan fingerprint density at radius 3 is 2.47 bits per heavy atom. The fourth-order valence-corrected chi connectivity index (χ4v) is 1.54. The highest BCUT2D eigenvalue weighted by Gasteiger charge is 2.16. The average Bonchev–Trinajstić information content (AvgIpc) is 2.95. The quantitative estimate of drug-likeness (QED) is 0.761. The molecule has 98 valence electrons. The Labute approximate surface area is 108 Å².